The molecule has 6 nitrogen and oxygen atoms in total. The molecule has 1 aromatic heterocycles. The number of nitrogens with zero attached hydrogens (tertiary/aromatic N) is 2. The van der Waals surface area contributed by atoms with Crippen LogP contribution in [0.15, 0.2) is 54.9 Å². The maximum atomic E-state index is 10.6. The van der Waals surface area contributed by atoms with Gasteiger partial charge in [0, 0.05) is 31.2 Å². The molecule has 0 radical (unpaired) electrons. The molecule has 0 bridgehead atoms. The minimum absolute atomic E-state index is 0.223. The summed E-state index contributed by atoms with van der Waals surface area (Å²) in [6.07, 6.45) is -2.16. The molecule has 1 saturated heterocycles. The van der Waals surface area contributed by atoms with Crippen molar-refractivity contribution in [2.75, 3.05) is 6.54 Å². The minimum Gasteiger partial charge on any atom is -0.475 e. The number of aromatic amines is 1. The van der Waals surface area contributed by atoms with Gasteiger partial charge < -0.3 is 15.4 Å². The molecule has 1 atom stereocenters. The second kappa shape index (κ2) is 9.70. The van der Waals surface area contributed by atoms with Crippen LogP contribution in [0.2, 0.25) is 0 Å². The van der Waals surface area contributed by atoms with E-state index >= 15 is 0 Å². The summed E-state index contributed by atoms with van der Waals surface area (Å²) in [5.74, 6) is -2.76. The van der Waals surface area contributed by atoms with E-state index in [1.807, 2.05) is 0 Å². The predicted octanol–water partition coefficient (Wildman–Crippen LogP) is 4.34. The van der Waals surface area contributed by atoms with Crippen LogP contribution in [0.1, 0.15) is 31.4 Å². The lowest BCUT2D eigenvalue weighted by Crippen LogP contribution is -2.37. The molecule has 1 aliphatic heterocycles. The van der Waals surface area contributed by atoms with Gasteiger partial charge in [-0.1, -0.05) is 36.4 Å². The van der Waals surface area contributed by atoms with Gasteiger partial charge in [0.1, 0.15) is 0 Å². The van der Waals surface area contributed by atoms with Crippen molar-refractivity contribution in [3.63, 3.8) is 0 Å². The number of hydrogen-bond acceptors (Lipinski definition) is 4. The Morgan fingerprint density at radius 1 is 1.22 bits per heavy atom. The number of rotatable bonds is 5. The maximum Gasteiger partial charge on any atom is 0.490 e. The summed E-state index contributed by atoms with van der Waals surface area (Å²) in [6, 6.07) is 17.7. The molecule has 1 aliphatic rings. The summed E-state index contributed by atoms with van der Waals surface area (Å²) in [6.45, 7) is 7.72. The molecular formula is C23H27F3N4O2. The normalized spacial score (nSPS) is 18.3. The van der Waals surface area contributed by atoms with E-state index in [2.05, 4.69) is 82.6 Å². The van der Waals surface area contributed by atoms with Crippen molar-refractivity contribution >= 4 is 17.0 Å². The zero-order chi connectivity index (χ0) is 23.4. The first-order valence-electron chi connectivity index (χ1n) is 10.3. The van der Waals surface area contributed by atoms with Crippen LogP contribution in [-0.2, 0) is 17.9 Å². The van der Waals surface area contributed by atoms with Crippen LogP contribution < -0.4 is 5.32 Å². The number of alkyl halides is 3. The van der Waals surface area contributed by atoms with Crippen molar-refractivity contribution < 1.29 is 23.1 Å². The fraction of sp³-hybridized carbons (Fsp3) is 0.391. The maximum absolute atomic E-state index is 10.6. The number of nitrogens with one attached hydrogen (secondary N) is 2. The highest BCUT2D eigenvalue weighted by molar-refractivity contribution is 5.75. The van der Waals surface area contributed by atoms with E-state index in [0.717, 1.165) is 30.7 Å². The predicted molar refractivity (Wildman–Crippen MR) is 116 cm³/mol. The number of carboxylic acids is 1. The highest BCUT2D eigenvalue weighted by Gasteiger charge is 2.38. The number of fused-ring (bicyclic) bond motifs is 1. The van der Waals surface area contributed by atoms with Gasteiger partial charge in [0.25, 0.3) is 0 Å². The molecule has 0 amide bonds. The van der Waals surface area contributed by atoms with Crippen molar-refractivity contribution in [3.8, 4) is 0 Å². The molecule has 32 heavy (non-hydrogen) atoms. The Bertz CT molecular complexity index is 1030. The lowest BCUT2D eigenvalue weighted by Gasteiger charge is -2.31. The van der Waals surface area contributed by atoms with Crippen molar-refractivity contribution in [2.24, 2.45) is 0 Å². The molecule has 2 heterocycles. The topological polar surface area (TPSA) is 81.2 Å². The number of H-pyrrole nitrogens is 1. The smallest absolute Gasteiger partial charge is 0.475 e. The van der Waals surface area contributed by atoms with Gasteiger partial charge in [-0.15, -0.1) is 0 Å². The van der Waals surface area contributed by atoms with Gasteiger partial charge in [0.2, 0.25) is 0 Å². The fourth-order valence-corrected chi connectivity index (χ4v) is 3.88. The number of aromatic nitrogens is 2. The molecule has 3 N–H and O–H groups in total. The molecule has 0 spiro atoms. The first-order chi connectivity index (χ1) is 15.0. The number of likely N-dealkylation sites (tertiary alicyclic amines) is 1. The number of imidazole rings is 1. The minimum atomic E-state index is -5.08. The van der Waals surface area contributed by atoms with Crippen molar-refractivity contribution in [2.45, 2.75) is 51.1 Å². The Balaban J connectivity index is 0.000000360. The summed E-state index contributed by atoms with van der Waals surface area (Å²) in [7, 11) is 0. The Morgan fingerprint density at radius 2 is 1.91 bits per heavy atom. The van der Waals surface area contributed by atoms with Crippen molar-refractivity contribution in [1.29, 1.82) is 0 Å². The van der Waals surface area contributed by atoms with Gasteiger partial charge in [-0.2, -0.15) is 13.2 Å². The van der Waals surface area contributed by atoms with E-state index in [4.69, 9.17) is 9.90 Å². The number of hydrogen-bond donors (Lipinski definition) is 3. The van der Waals surface area contributed by atoms with Crippen LogP contribution in [0, 0.1) is 0 Å². The van der Waals surface area contributed by atoms with E-state index in [1.165, 1.54) is 17.5 Å². The van der Waals surface area contributed by atoms with Crippen molar-refractivity contribution in [1.82, 2.24) is 20.2 Å². The summed E-state index contributed by atoms with van der Waals surface area (Å²) in [5.41, 5.74) is 5.05. The number of halogens is 3. The van der Waals surface area contributed by atoms with E-state index in [9.17, 15) is 13.2 Å². The van der Waals surface area contributed by atoms with E-state index in [0.29, 0.717) is 6.04 Å². The SMILES string of the molecule is CC1(C)CC(NCc2ccc3nc[nH]c3c2)CN1Cc1ccccc1.O=C(O)C(F)(F)F. The largest absolute Gasteiger partial charge is 0.490 e. The lowest BCUT2D eigenvalue weighted by atomic mass is 9.99. The molecule has 1 unspecified atom stereocenters. The molecule has 0 aliphatic carbocycles. The number of carboxylic acid groups (broad SMARTS) is 1. The van der Waals surface area contributed by atoms with Gasteiger partial charge in [0.15, 0.2) is 0 Å². The summed E-state index contributed by atoms with van der Waals surface area (Å²) < 4.78 is 31.7. The third kappa shape index (κ3) is 6.30. The summed E-state index contributed by atoms with van der Waals surface area (Å²) in [4.78, 5) is 19.0. The van der Waals surface area contributed by atoms with Crippen LogP contribution in [0.3, 0.4) is 0 Å². The summed E-state index contributed by atoms with van der Waals surface area (Å²) >= 11 is 0. The van der Waals surface area contributed by atoms with E-state index in [-0.39, 0.29) is 5.54 Å². The van der Waals surface area contributed by atoms with Crippen LogP contribution in [0.5, 0.6) is 0 Å². The highest BCUT2D eigenvalue weighted by Crippen LogP contribution is 2.30. The third-order valence-corrected chi connectivity index (χ3v) is 5.58. The average molecular weight is 448 g/mol. The Labute approximate surface area is 184 Å². The Hall–Kier alpha value is -2.91. The van der Waals surface area contributed by atoms with E-state index < -0.39 is 12.1 Å². The van der Waals surface area contributed by atoms with Crippen LogP contribution in [0.4, 0.5) is 13.2 Å². The Kier molecular flexibility index (Phi) is 7.20. The molecule has 3 aromatic rings. The Morgan fingerprint density at radius 3 is 2.56 bits per heavy atom. The average Bonchev–Trinajstić information content (AvgIpc) is 3.30. The van der Waals surface area contributed by atoms with Gasteiger partial charge in [0.05, 0.1) is 17.4 Å². The third-order valence-electron chi connectivity index (χ3n) is 5.58. The molecule has 9 heteroatoms. The number of carbonyl (C=O) groups is 1. The first-order valence-corrected chi connectivity index (χ1v) is 10.3. The quantitative estimate of drug-likeness (QED) is 0.541. The number of benzene rings is 2. The molecule has 4 rings (SSSR count). The molecule has 1 fully saturated rings. The standard InChI is InChI=1S/C21H26N4.C2HF3O2/c1-21(2)11-18(14-25(21)13-16-6-4-3-5-7-16)22-12-17-8-9-19-20(10-17)24-15-23-19;3-2(4,5)1(6)7/h3-10,15,18,22H,11-14H2,1-2H3,(H,23,24);(H,6,7). The van der Waals surface area contributed by atoms with Crippen LogP contribution in [-0.4, -0.2) is 50.2 Å². The molecular weight excluding hydrogens is 421 g/mol. The first kappa shape index (κ1) is 23.7. The second-order valence-corrected chi connectivity index (χ2v) is 8.52. The van der Waals surface area contributed by atoms with Gasteiger partial charge in [-0.05, 0) is 43.5 Å². The fourth-order valence-electron chi connectivity index (χ4n) is 3.88. The van der Waals surface area contributed by atoms with Gasteiger partial charge >= 0.3 is 12.1 Å². The van der Waals surface area contributed by atoms with E-state index in [1.54, 1.807) is 6.33 Å². The van der Waals surface area contributed by atoms with Crippen LogP contribution >= 0.6 is 0 Å². The summed E-state index contributed by atoms with van der Waals surface area (Å²) in [5, 5.41) is 10.9. The monoisotopic (exact) mass is 448 g/mol. The highest BCUT2D eigenvalue weighted by atomic mass is 19.4. The molecule has 2 aromatic carbocycles. The zero-order valence-electron chi connectivity index (χ0n) is 18.0. The molecule has 172 valence electrons. The van der Waals surface area contributed by atoms with Crippen molar-refractivity contribution in [3.05, 3.63) is 66.0 Å². The molecule has 0 saturated carbocycles. The second-order valence-electron chi connectivity index (χ2n) is 8.52. The van der Waals surface area contributed by atoms with Gasteiger partial charge in [-0.25, -0.2) is 9.78 Å². The number of aliphatic carboxylic acids is 1. The van der Waals surface area contributed by atoms with Crippen LogP contribution in [0.25, 0.3) is 11.0 Å². The van der Waals surface area contributed by atoms with Gasteiger partial charge in [-0.3, -0.25) is 4.90 Å². The zero-order valence-corrected chi connectivity index (χ0v) is 18.0. The lowest BCUT2D eigenvalue weighted by molar-refractivity contribution is -0.192.